The number of hydrogen-bond donors (Lipinski definition) is 0. The minimum absolute atomic E-state index is 0.431. The zero-order valence-electron chi connectivity index (χ0n) is 23.7. The molecule has 0 saturated heterocycles. The van der Waals surface area contributed by atoms with E-state index in [2.05, 4.69) is 79.1 Å². The summed E-state index contributed by atoms with van der Waals surface area (Å²) in [5.74, 6) is -1.02. The Kier molecular flexibility index (Phi) is 7.13. The van der Waals surface area contributed by atoms with Gasteiger partial charge in [-0.3, -0.25) is 14.5 Å². The van der Waals surface area contributed by atoms with Gasteiger partial charge in [0, 0.05) is 26.5 Å². The number of nitrogens with zero attached hydrogens (tertiary/aromatic N) is 1. The Labute approximate surface area is 260 Å². The molecule has 0 spiro atoms. The number of thioether (sulfide) groups is 2. The fraction of sp³-hybridized carbons (Fsp3) is 0.0526. The molecule has 2 aliphatic heterocycles. The molecule has 0 aromatic heterocycles. The zero-order chi connectivity index (χ0) is 29.5. The lowest BCUT2D eigenvalue weighted by atomic mass is 9.82. The largest absolute Gasteiger partial charge is 0.304 e. The highest BCUT2D eigenvalue weighted by atomic mass is 32.2. The van der Waals surface area contributed by atoms with E-state index in [-0.39, 0.29) is 0 Å². The highest BCUT2D eigenvalue weighted by Gasteiger charge is 2.44. The van der Waals surface area contributed by atoms with Gasteiger partial charge in [0.2, 0.25) is 0 Å². The maximum atomic E-state index is 14.1. The molecule has 0 N–H and O–H groups in total. The third kappa shape index (κ3) is 4.56. The molecule has 0 radical (unpaired) electrons. The number of benzene rings is 5. The Hall–Kier alpha value is -4.58. The maximum Gasteiger partial charge on any atom is 0.304 e. The summed E-state index contributed by atoms with van der Waals surface area (Å²) in [6.07, 6.45) is 4.12. The van der Waals surface area contributed by atoms with Crippen molar-refractivity contribution in [1.82, 2.24) is 0 Å². The van der Waals surface area contributed by atoms with Gasteiger partial charge in [0.25, 0.3) is 5.78 Å². The van der Waals surface area contributed by atoms with Crippen molar-refractivity contribution in [3.8, 4) is 0 Å². The molecular weight excluding hydrogens is 567 g/mol. The topological polar surface area (TPSA) is 37.4 Å². The number of carbonyl (C=O) groups is 2. The highest BCUT2D eigenvalue weighted by molar-refractivity contribution is 7.98. The average Bonchev–Trinajstić information content (AvgIpc) is 3.24. The van der Waals surface area contributed by atoms with Gasteiger partial charge in [0.1, 0.15) is 0 Å². The first kappa shape index (κ1) is 27.3. The van der Waals surface area contributed by atoms with E-state index in [9.17, 15) is 9.59 Å². The van der Waals surface area contributed by atoms with Gasteiger partial charge in [-0.15, -0.1) is 23.5 Å². The molecule has 5 aromatic rings. The number of Topliss-reactive ketones (excluding diaryl/α,β-unsaturated/α-hetero) is 1. The number of amides is 1. The molecule has 208 valence electrons. The Morgan fingerprint density at radius 3 is 1.51 bits per heavy atom. The Bertz CT molecular complexity index is 1940. The molecule has 0 fully saturated rings. The lowest BCUT2D eigenvalue weighted by Crippen LogP contribution is -2.29. The molecule has 0 unspecified atom stereocenters. The molecule has 43 heavy (non-hydrogen) atoms. The van der Waals surface area contributed by atoms with Crippen molar-refractivity contribution < 1.29 is 9.59 Å². The summed E-state index contributed by atoms with van der Waals surface area (Å²) in [5, 5.41) is 0. The van der Waals surface area contributed by atoms with Crippen LogP contribution in [0.25, 0.3) is 22.4 Å². The van der Waals surface area contributed by atoms with Crippen LogP contribution >= 0.6 is 23.5 Å². The van der Waals surface area contributed by atoms with Crippen LogP contribution in [0.15, 0.2) is 137 Å². The van der Waals surface area contributed by atoms with Crippen molar-refractivity contribution in [3.63, 3.8) is 0 Å². The van der Waals surface area contributed by atoms with Crippen molar-refractivity contribution in [2.24, 2.45) is 0 Å². The standard InChI is InChI=1S/C38H27NO2S2/c1-42-28-20-16-26(17-21-28)33-32(24-10-5-3-6-11-24)30-14-9-15-31-36(30)39(38(41)37(31)40)35(27-18-22-29(43-2)23-19-27)34(33)25-12-7-4-8-13-25/h3-23H,1-2H3. The minimum atomic E-state index is -0.536. The van der Waals surface area contributed by atoms with Crippen molar-refractivity contribution in [2.75, 3.05) is 17.4 Å². The van der Waals surface area contributed by atoms with Crippen LogP contribution in [-0.2, 0) is 4.79 Å². The molecule has 0 saturated carbocycles. The Morgan fingerprint density at radius 2 is 0.953 bits per heavy atom. The lowest BCUT2D eigenvalue weighted by Gasteiger charge is -2.25. The molecule has 5 aromatic carbocycles. The minimum Gasteiger partial charge on any atom is -0.283 e. The van der Waals surface area contributed by atoms with Gasteiger partial charge in [-0.1, -0.05) is 97.1 Å². The number of allylic oxidation sites excluding steroid dienone is 2. The van der Waals surface area contributed by atoms with E-state index in [0.29, 0.717) is 16.9 Å². The fourth-order valence-electron chi connectivity index (χ4n) is 6.05. The van der Waals surface area contributed by atoms with Crippen molar-refractivity contribution in [2.45, 2.75) is 9.79 Å². The van der Waals surface area contributed by atoms with Crippen LogP contribution in [0.3, 0.4) is 0 Å². The third-order valence-corrected chi connectivity index (χ3v) is 9.49. The van der Waals surface area contributed by atoms with Crippen LogP contribution < -0.4 is 4.90 Å². The number of hydrogen-bond acceptors (Lipinski definition) is 4. The molecule has 2 aliphatic rings. The first-order valence-corrected chi connectivity index (χ1v) is 16.5. The van der Waals surface area contributed by atoms with Crippen LogP contribution in [0.4, 0.5) is 5.69 Å². The van der Waals surface area contributed by atoms with Gasteiger partial charge >= 0.3 is 5.91 Å². The van der Waals surface area contributed by atoms with Crippen LogP contribution in [0.2, 0.25) is 0 Å². The molecular formula is C38H27NO2S2. The number of carbonyl (C=O) groups excluding carboxylic acids is 2. The van der Waals surface area contributed by atoms with E-state index in [1.54, 1.807) is 34.5 Å². The molecule has 5 heteroatoms. The number of rotatable bonds is 6. The van der Waals surface area contributed by atoms with E-state index >= 15 is 0 Å². The highest BCUT2D eigenvalue weighted by Crippen LogP contribution is 2.53. The Balaban J connectivity index is 1.72. The van der Waals surface area contributed by atoms with Gasteiger partial charge in [-0.25, -0.2) is 0 Å². The summed E-state index contributed by atoms with van der Waals surface area (Å²) < 4.78 is 0. The summed E-state index contributed by atoms with van der Waals surface area (Å²) in [4.78, 5) is 31.7. The van der Waals surface area contributed by atoms with Gasteiger partial charge in [-0.05, 0) is 70.7 Å². The molecule has 2 heterocycles. The third-order valence-electron chi connectivity index (χ3n) is 8.00. The summed E-state index contributed by atoms with van der Waals surface area (Å²) >= 11 is 3.37. The summed E-state index contributed by atoms with van der Waals surface area (Å²) in [7, 11) is 0. The summed E-state index contributed by atoms with van der Waals surface area (Å²) in [5.41, 5.74) is 9.41. The van der Waals surface area contributed by atoms with E-state index in [0.717, 1.165) is 49.4 Å². The fourth-order valence-corrected chi connectivity index (χ4v) is 6.87. The van der Waals surface area contributed by atoms with Crippen LogP contribution in [0.1, 0.15) is 38.2 Å². The molecule has 3 nitrogen and oxygen atoms in total. The van der Waals surface area contributed by atoms with Crippen LogP contribution in [-0.4, -0.2) is 24.2 Å². The predicted octanol–water partition coefficient (Wildman–Crippen LogP) is 9.20. The Morgan fingerprint density at radius 1 is 0.465 bits per heavy atom. The summed E-state index contributed by atoms with van der Waals surface area (Å²) in [6.45, 7) is 0. The first-order chi connectivity index (χ1) is 21.1. The molecule has 0 atom stereocenters. The maximum absolute atomic E-state index is 14.1. The predicted molar refractivity (Wildman–Crippen MR) is 180 cm³/mol. The zero-order valence-corrected chi connectivity index (χ0v) is 25.3. The van der Waals surface area contributed by atoms with Crippen LogP contribution in [0.5, 0.6) is 0 Å². The number of anilines is 1. The smallest absolute Gasteiger partial charge is 0.283 e. The summed E-state index contributed by atoms with van der Waals surface area (Å²) in [6, 6.07) is 43.1. The lowest BCUT2D eigenvalue weighted by molar-refractivity contribution is -0.113. The number of ketones is 1. The molecule has 1 amide bonds. The van der Waals surface area contributed by atoms with Gasteiger partial charge in [0.15, 0.2) is 0 Å². The first-order valence-electron chi connectivity index (χ1n) is 14.0. The van der Waals surface area contributed by atoms with Crippen molar-refractivity contribution >= 4 is 63.3 Å². The SMILES string of the molecule is CSc1ccc(C2=C(c3ccccc3)c3cccc4c3N(C(=O)C4=O)C(c3ccc(SC)cc3)=C2c2ccccc2)cc1. The quantitative estimate of drug-likeness (QED) is 0.145. The van der Waals surface area contributed by atoms with E-state index < -0.39 is 11.7 Å². The monoisotopic (exact) mass is 593 g/mol. The van der Waals surface area contributed by atoms with E-state index in [4.69, 9.17) is 0 Å². The van der Waals surface area contributed by atoms with Crippen molar-refractivity contribution in [1.29, 1.82) is 0 Å². The molecule has 0 aliphatic carbocycles. The van der Waals surface area contributed by atoms with Crippen molar-refractivity contribution in [3.05, 3.63) is 161 Å². The van der Waals surface area contributed by atoms with E-state index in [1.165, 1.54) is 4.90 Å². The second-order valence-electron chi connectivity index (χ2n) is 10.3. The van der Waals surface area contributed by atoms with Gasteiger partial charge in [-0.2, -0.15) is 0 Å². The van der Waals surface area contributed by atoms with Gasteiger partial charge in [0.05, 0.1) is 16.9 Å². The average molecular weight is 594 g/mol. The molecule has 7 rings (SSSR count). The molecule has 0 bridgehead atoms. The second kappa shape index (κ2) is 11.3. The number of para-hydroxylation sites is 1. The second-order valence-corrected chi connectivity index (χ2v) is 12.1. The van der Waals surface area contributed by atoms with E-state index in [1.807, 2.05) is 54.8 Å². The van der Waals surface area contributed by atoms with Gasteiger partial charge < -0.3 is 0 Å². The normalized spacial score (nSPS) is 14.3. The van der Waals surface area contributed by atoms with Crippen LogP contribution in [0, 0.1) is 0 Å².